The van der Waals surface area contributed by atoms with Gasteiger partial charge in [0.05, 0.1) is 6.20 Å². The van der Waals surface area contributed by atoms with Gasteiger partial charge in [0.25, 0.3) is 0 Å². The maximum Gasteiger partial charge on any atom is 0.174 e. The first-order valence-corrected chi connectivity index (χ1v) is 4.96. The lowest BCUT2D eigenvalue weighted by molar-refractivity contribution is 0.578. The van der Waals surface area contributed by atoms with Gasteiger partial charge < -0.3 is 0 Å². The van der Waals surface area contributed by atoms with E-state index in [0.29, 0.717) is 4.90 Å². The van der Waals surface area contributed by atoms with Crippen LogP contribution in [0, 0.1) is 11.6 Å². The second-order valence-electron chi connectivity index (χ2n) is 2.74. The van der Waals surface area contributed by atoms with E-state index < -0.39 is 5.82 Å². The average Bonchev–Trinajstić information content (AvgIpc) is 2.22. The molecule has 2 rings (SSSR count). The lowest BCUT2D eigenvalue weighted by Crippen LogP contribution is -1.87. The maximum atomic E-state index is 13.1. The van der Waals surface area contributed by atoms with Crippen LogP contribution in [0.4, 0.5) is 8.78 Å². The van der Waals surface area contributed by atoms with Crippen molar-refractivity contribution in [2.45, 2.75) is 9.92 Å². The zero-order chi connectivity index (χ0) is 10.7. The Morgan fingerprint density at radius 2 is 2.07 bits per heavy atom. The predicted octanol–water partition coefficient (Wildman–Crippen LogP) is 2.91. The molecule has 5 heteroatoms. The Kier molecular flexibility index (Phi) is 2.91. The minimum absolute atomic E-state index is 0.190. The number of rotatable bonds is 2. The Hall–Kier alpha value is -1.49. The molecule has 1 aromatic carbocycles. The number of nitrogens with zero attached hydrogens (tertiary/aromatic N) is 2. The summed E-state index contributed by atoms with van der Waals surface area (Å²) in [5.74, 6) is -0.860. The Balaban J connectivity index is 2.26. The van der Waals surface area contributed by atoms with Crippen LogP contribution < -0.4 is 0 Å². The van der Waals surface area contributed by atoms with Crippen molar-refractivity contribution in [3.05, 3.63) is 48.4 Å². The molecule has 0 spiro atoms. The molecular formula is C10H6F2N2S. The van der Waals surface area contributed by atoms with Gasteiger partial charge in [0.1, 0.15) is 17.2 Å². The molecule has 15 heavy (non-hydrogen) atoms. The van der Waals surface area contributed by atoms with Crippen LogP contribution in [0.15, 0.2) is 46.7 Å². The third-order valence-electron chi connectivity index (χ3n) is 1.64. The molecule has 0 fully saturated rings. The molecule has 0 bridgehead atoms. The number of aromatic nitrogens is 2. The van der Waals surface area contributed by atoms with Gasteiger partial charge in [0.2, 0.25) is 0 Å². The summed E-state index contributed by atoms with van der Waals surface area (Å²) in [6, 6.07) is 5.92. The number of hydrogen-bond donors (Lipinski definition) is 0. The molecule has 0 saturated heterocycles. The molecule has 1 aromatic heterocycles. The highest BCUT2D eigenvalue weighted by Gasteiger charge is 2.05. The maximum absolute atomic E-state index is 13.1. The first-order chi connectivity index (χ1) is 7.25. The zero-order valence-corrected chi connectivity index (χ0v) is 8.34. The molecule has 76 valence electrons. The number of hydrogen-bond acceptors (Lipinski definition) is 3. The molecule has 0 saturated carbocycles. The highest BCUT2D eigenvalue weighted by atomic mass is 32.2. The summed E-state index contributed by atoms with van der Waals surface area (Å²) >= 11 is 1.06. The highest BCUT2D eigenvalue weighted by molar-refractivity contribution is 7.99. The van der Waals surface area contributed by atoms with Gasteiger partial charge in [0.15, 0.2) is 5.82 Å². The normalized spacial score (nSPS) is 10.3. The van der Waals surface area contributed by atoms with Crippen molar-refractivity contribution in [2.75, 3.05) is 0 Å². The van der Waals surface area contributed by atoms with Crippen LogP contribution in [0.2, 0.25) is 0 Å². The number of halogens is 2. The molecule has 0 radical (unpaired) electrons. The minimum atomic E-state index is -0.508. The van der Waals surface area contributed by atoms with Crippen LogP contribution in [-0.4, -0.2) is 9.97 Å². The Morgan fingerprint density at radius 3 is 2.80 bits per heavy atom. The van der Waals surface area contributed by atoms with Gasteiger partial charge >= 0.3 is 0 Å². The third kappa shape index (κ3) is 2.50. The SMILES string of the molecule is Fc1cccc(Sc2ncncc2F)c1. The number of benzene rings is 1. The predicted molar refractivity (Wildman–Crippen MR) is 52.5 cm³/mol. The summed E-state index contributed by atoms with van der Waals surface area (Å²) in [7, 11) is 0. The lowest BCUT2D eigenvalue weighted by atomic mass is 10.4. The van der Waals surface area contributed by atoms with Crippen molar-refractivity contribution in [2.24, 2.45) is 0 Å². The quantitative estimate of drug-likeness (QED) is 0.733. The van der Waals surface area contributed by atoms with Gasteiger partial charge in [-0.05, 0) is 18.2 Å². The molecule has 2 nitrogen and oxygen atoms in total. The highest BCUT2D eigenvalue weighted by Crippen LogP contribution is 2.27. The topological polar surface area (TPSA) is 25.8 Å². The van der Waals surface area contributed by atoms with Gasteiger partial charge in [-0.1, -0.05) is 17.8 Å². The molecule has 0 aliphatic carbocycles. The molecule has 0 aliphatic heterocycles. The van der Waals surface area contributed by atoms with E-state index in [0.717, 1.165) is 18.0 Å². The summed E-state index contributed by atoms with van der Waals surface area (Å²) in [4.78, 5) is 7.89. The lowest BCUT2D eigenvalue weighted by Gasteiger charge is -2.00. The van der Waals surface area contributed by atoms with Gasteiger partial charge in [-0.2, -0.15) is 0 Å². The fourth-order valence-electron chi connectivity index (χ4n) is 1.02. The fraction of sp³-hybridized carbons (Fsp3) is 0. The van der Waals surface area contributed by atoms with Crippen molar-refractivity contribution in [1.29, 1.82) is 0 Å². The second kappa shape index (κ2) is 4.35. The Bertz CT molecular complexity index is 476. The monoisotopic (exact) mass is 224 g/mol. The van der Waals surface area contributed by atoms with E-state index in [1.54, 1.807) is 12.1 Å². The molecule has 0 aliphatic rings. The fourth-order valence-corrected chi connectivity index (χ4v) is 1.81. The van der Waals surface area contributed by atoms with E-state index in [4.69, 9.17) is 0 Å². The van der Waals surface area contributed by atoms with Crippen molar-refractivity contribution in [3.8, 4) is 0 Å². The van der Waals surface area contributed by atoms with Crippen LogP contribution >= 0.6 is 11.8 Å². The van der Waals surface area contributed by atoms with E-state index in [2.05, 4.69) is 9.97 Å². The standard InChI is InChI=1S/C10H6F2N2S/c11-7-2-1-3-8(4-7)15-10-9(12)5-13-6-14-10/h1-6H. The summed E-state index contributed by atoms with van der Waals surface area (Å²) in [6.45, 7) is 0. The largest absolute Gasteiger partial charge is 0.242 e. The second-order valence-corrected chi connectivity index (χ2v) is 3.80. The van der Waals surface area contributed by atoms with E-state index >= 15 is 0 Å². The van der Waals surface area contributed by atoms with E-state index in [-0.39, 0.29) is 10.8 Å². The van der Waals surface area contributed by atoms with Gasteiger partial charge in [0, 0.05) is 4.90 Å². The van der Waals surface area contributed by atoms with E-state index in [9.17, 15) is 8.78 Å². The summed E-state index contributed by atoms with van der Waals surface area (Å²) in [5, 5.41) is 0.190. The van der Waals surface area contributed by atoms with Crippen LogP contribution in [-0.2, 0) is 0 Å². The molecule has 0 N–H and O–H groups in total. The minimum Gasteiger partial charge on any atom is -0.242 e. The van der Waals surface area contributed by atoms with Gasteiger partial charge in [-0.3, -0.25) is 0 Å². The molecular weight excluding hydrogens is 218 g/mol. The van der Waals surface area contributed by atoms with Crippen molar-refractivity contribution in [1.82, 2.24) is 9.97 Å². The molecule has 1 heterocycles. The smallest absolute Gasteiger partial charge is 0.174 e. The Morgan fingerprint density at radius 1 is 1.20 bits per heavy atom. The van der Waals surface area contributed by atoms with Crippen molar-refractivity contribution in [3.63, 3.8) is 0 Å². The van der Waals surface area contributed by atoms with E-state index in [1.807, 2.05) is 0 Å². The van der Waals surface area contributed by atoms with Crippen molar-refractivity contribution < 1.29 is 8.78 Å². The molecule has 0 unspecified atom stereocenters. The van der Waals surface area contributed by atoms with Crippen LogP contribution in [0.5, 0.6) is 0 Å². The van der Waals surface area contributed by atoms with Crippen LogP contribution in [0.25, 0.3) is 0 Å². The van der Waals surface area contributed by atoms with Crippen molar-refractivity contribution >= 4 is 11.8 Å². The first kappa shape index (κ1) is 10.0. The Labute approximate surface area is 89.4 Å². The molecule has 2 aromatic rings. The zero-order valence-electron chi connectivity index (χ0n) is 7.52. The van der Waals surface area contributed by atoms with Crippen LogP contribution in [0.3, 0.4) is 0 Å². The summed E-state index contributed by atoms with van der Waals surface area (Å²) in [6.07, 6.45) is 2.33. The summed E-state index contributed by atoms with van der Waals surface area (Å²) in [5.41, 5.74) is 0. The first-order valence-electron chi connectivity index (χ1n) is 4.14. The third-order valence-corrected chi connectivity index (χ3v) is 2.63. The average molecular weight is 224 g/mol. The summed E-state index contributed by atoms with van der Waals surface area (Å²) < 4.78 is 26.0. The van der Waals surface area contributed by atoms with Crippen LogP contribution in [0.1, 0.15) is 0 Å². The van der Waals surface area contributed by atoms with E-state index in [1.165, 1.54) is 18.5 Å². The molecule has 0 amide bonds. The van der Waals surface area contributed by atoms with Gasteiger partial charge in [-0.15, -0.1) is 0 Å². The van der Waals surface area contributed by atoms with Gasteiger partial charge in [-0.25, -0.2) is 18.7 Å². The molecule has 0 atom stereocenters.